The Balaban J connectivity index is 0.00000210. The molecule has 1 aromatic rings. The van der Waals surface area contributed by atoms with Gasteiger partial charge in [0.2, 0.25) is 0 Å². The number of hydrogen-bond donors (Lipinski definition) is 2. The number of rotatable bonds is 5. The third-order valence-corrected chi connectivity index (χ3v) is 6.52. The Bertz CT molecular complexity index is 693. The Morgan fingerprint density at radius 3 is 2.63 bits per heavy atom. The van der Waals surface area contributed by atoms with Crippen LogP contribution < -0.4 is 15.4 Å². The number of para-hydroxylation sites is 1. The van der Waals surface area contributed by atoms with Crippen LogP contribution in [0.1, 0.15) is 38.7 Å². The van der Waals surface area contributed by atoms with Crippen molar-refractivity contribution in [3.8, 4) is 5.75 Å². The molecule has 2 N–H and O–H groups in total. The molecule has 2 aliphatic carbocycles. The topological polar surface area (TPSA) is 48.9 Å². The number of guanidine groups is 1. The average molecular weight is 484 g/mol. The molecule has 4 atom stereocenters. The molecule has 0 amide bonds. The summed E-state index contributed by atoms with van der Waals surface area (Å²) in [6.45, 7) is 7.01. The molecule has 0 spiro atoms. The van der Waals surface area contributed by atoms with E-state index in [0.717, 1.165) is 30.7 Å². The van der Waals surface area contributed by atoms with Gasteiger partial charge in [-0.2, -0.15) is 0 Å². The summed E-state index contributed by atoms with van der Waals surface area (Å²) in [4.78, 5) is 7.14. The molecule has 4 rings (SSSR count). The molecule has 0 radical (unpaired) electrons. The van der Waals surface area contributed by atoms with E-state index in [-0.39, 0.29) is 29.4 Å². The summed E-state index contributed by atoms with van der Waals surface area (Å²) in [5, 5.41) is 7.34. The molecule has 3 aliphatic rings. The maximum atomic E-state index is 5.57. The van der Waals surface area contributed by atoms with E-state index >= 15 is 0 Å². The Kier molecular flexibility index (Phi) is 6.25. The van der Waals surface area contributed by atoms with Gasteiger partial charge < -0.3 is 15.4 Å². The van der Waals surface area contributed by atoms with Crippen LogP contribution in [-0.4, -0.2) is 56.2 Å². The molecule has 1 saturated heterocycles. The van der Waals surface area contributed by atoms with Crippen molar-refractivity contribution in [1.82, 2.24) is 15.5 Å². The number of ether oxygens (including phenoxy) is 1. The predicted molar refractivity (Wildman–Crippen MR) is 121 cm³/mol. The second-order valence-electron chi connectivity index (χ2n) is 8.50. The van der Waals surface area contributed by atoms with Crippen molar-refractivity contribution in [3.63, 3.8) is 0 Å². The lowest BCUT2D eigenvalue weighted by molar-refractivity contribution is 0.315. The van der Waals surface area contributed by atoms with E-state index in [4.69, 9.17) is 4.74 Å². The number of benzene rings is 1. The highest BCUT2D eigenvalue weighted by molar-refractivity contribution is 14.0. The second kappa shape index (κ2) is 8.15. The van der Waals surface area contributed by atoms with Crippen LogP contribution in [-0.2, 0) is 5.41 Å². The van der Waals surface area contributed by atoms with Crippen LogP contribution in [0.25, 0.3) is 0 Å². The maximum Gasteiger partial charge on any atom is 0.191 e. The summed E-state index contributed by atoms with van der Waals surface area (Å²) in [6.07, 6.45) is 3.86. The van der Waals surface area contributed by atoms with Crippen LogP contribution in [0, 0.1) is 5.92 Å². The van der Waals surface area contributed by atoms with E-state index in [1.165, 1.54) is 24.9 Å². The molecule has 150 valence electrons. The zero-order valence-electron chi connectivity index (χ0n) is 16.9. The van der Waals surface area contributed by atoms with Gasteiger partial charge in [-0.3, -0.25) is 9.89 Å². The lowest BCUT2D eigenvalue weighted by Crippen LogP contribution is -2.48. The highest BCUT2D eigenvalue weighted by Gasteiger charge is 2.53. The summed E-state index contributed by atoms with van der Waals surface area (Å²) in [7, 11) is 3.62. The first-order valence-electron chi connectivity index (χ1n) is 9.92. The quantitative estimate of drug-likeness (QED) is 0.384. The minimum absolute atomic E-state index is 0. The molecule has 6 heteroatoms. The van der Waals surface area contributed by atoms with Crippen molar-refractivity contribution in [2.45, 2.75) is 56.7 Å². The fourth-order valence-electron chi connectivity index (χ4n) is 4.43. The maximum absolute atomic E-state index is 5.57. The number of nitrogens with one attached hydrogen (secondary N) is 2. The molecule has 3 fully saturated rings. The summed E-state index contributed by atoms with van der Waals surface area (Å²) < 4.78 is 5.57. The Morgan fingerprint density at radius 1 is 1.22 bits per heavy atom. The van der Waals surface area contributed by atoms with Crippen molar-refractivity contribution in [2.75, 3.05) is 27.2 Å². The zero-order chi connectivity index (χ0) is 18.3. The standard InChI is InChI=1S/C21H32N4O.HI/c1-14-12-25(15-9-10-15)13-17(14)23-20(22-3)24-19-11-21(19,2)16-7-5-6-8-18(16)26-4;/h5-8,14-15,17,19H,9-13H2,1-4H3,(H2,22,23,24);1H. The number of methoxy groups -OCH3 is 1. The summed E-state index contributed by atoms with van der Waals surface area (Å²) in [6, 6.07) is 10.1. The molecule has 4 unspecified atom stereocenters. The van der Waals surface area contributed by atoms with Crippen molar-refractivity contribution >= 4 is 29.9 Å². The number of halogens is 1. The molecule has 27 heavy (non-hydrogen) atoms. The van der Waals surface area contributed by atoms with E-state index in [9.17, 15) is 0 Å². The fourth-order valence-corrected chi connectivity index (χ4v) is 4.43. The van der Waals surface area contributed by atoms with Gasteiger partial charge in [-0.05, 0) is 31.2 Å². The van der Waals surface area contributed by atoms with Crippen LogP contribution >= 0.6 is 24.0 Å². The second-order valence-corrected chi connectivity index (χ2v) is 8.50. The molecular weight excluding hydrogens is 451 g/mol. The average Bonchev–Trinajstić information content (AvgIpc) is 3.56. The van der Waals surface area contributed by atoms with Crippen LogP contribution in [0.4, 0.5) is 0 Å². The summed E-state index contributed by atoms with van der Waals surface area (Å²) >= 11 is 0. The van der Waals surface area contributed by atoms with Crippen LogP contribution in [0.5, 0.6) is 5.75 Å². The van der Waals surface area contributed by atoms with Gasteiger partial charge in [-0.15, -0.1) is 24.0 Å². The summed E-state index contributed by atoms with van der Waals surface area (Å²) in [5.41, 5.74) is 1.38. The van der Waals surface area contributed by atoms with Gasteiger partial charge >= 0.3 is 0 Å². The predicted octanol–water partition coefficient (Wildman–Crippen LogP) is 2.99. The number of likely N-dealkylation sites (tertiary alicyclic amines) is 1. The van der Waals surface area contributed by atoms with E-state index in [0.29, 0.717) is 18.0 Å². The smallest absolute Gasteiger partial charge is 0.191 e. The third kappa shape index (κ3) is 4.21. The lowest BCUT2D eigenvalue weighted by Gasteiger charge is -2.22. The molecule has 2 saturated carbocycles. The van der Waals surface area contributed by atoms with Crippen LogP contribution in [0.15, 0.2) is 29.3 Å². The van der Waals surface area contributed by atoms with E-state index in [2.05, 4.69) is 52.6 Å². The van der Waals surface area contributed by atoms with Gasteiger partial charge in [0.15, 0.2) is 5.96 Å². The third-order valence-electron chi connectivity index (χ3n) is 6.52. The van der Waals surface area contributed by atoms with E-state index in [1.54, 1.807) is 7.11 Å². The van der Waals surface area contributed by atoms with Gasteiger partial charge in [0.05, 0.1) is 7.11 Å². The minimum atomic E-state index is 0. The molecule has 5 nitrogen and oxygen atoms in total. The summed E-state index contributed by atoms with van der Waals surface area (Å²) in [5.74, 6) is 2.57. The van der Waals surface area contributed by atoms with Crippen LogP contribution in [0.2, 0.25) is 0 Å². The van der Waals surface area contributed by atoms with E-state index < -0.39 is 0 Å². The Hall–Kier alpha value is -1.02. The molecule has 0 bridgehead atoms. The van der Waals surface area contributed by atoms with Gasteiger partial charge in [-0.25, -0.2) is 0 Å². The SMILES string of the molecule is CN=C(NC1CN(C2CC2)CC1C)NC1CC1(C)c1ccccc1OC.I. The number of nitrogens with zero attached hydrogens (tertiary/aromatic N) is 2. The molecule has 0 aromatic heterocycles. The van der Waals surface area contributed by atoms with Gasteiger partial charge in [0, 0.05) is 49.2 Å². The monoisotopic (exact) mass is 484 g/mol. The first-order chi connectivity index (χ1) is 12.5. The first-order valence-corrected chi connectivity index (χ1v) is 9.92. The number of hydrogen-bond acceptors (Lipinski definition) is 3. The highest BCUT2D eigenvalue weighted by atomic mass is 127. The van der Waals surface area contributed by atoms with Crippen molar-refractivity contribution in [1.29, 1.82) is 0 Å². The van der Waals surface area contributed by atoms with E-state index in [1.807, 2.05) is 13.1 Å². The minimum Gasteiger partial charge on any atom is -0.496 e. The zero-order valence-corrected chi connectivity index (χ0v) is 19.2. The largest absolute Gasteiger partial charge is 0.496 e. The van der Waals surface area contributed by atoms with Gasteiger partial charge in [-0.1, -0.05) is 32.0 Å². The number of aliphatic imine (C=N–C) groups is 1. The first kappa shape index (κ1) is 20.7. The lowest BCUT2D eigenvalue weighted by atomic mass is 9.96. The van der Waals surface area contributed by atoms with Crippen molar-refractivity contribution < 1.29 is 4.74 Å². The highest BCUT2D eigenvalue weighted by Crippen LogP contribution is 2.50. The van der Waals surface area contributed by atoms with Crippen molar-refractivity contribution in [2.24, 2.45) is 10.9 Å². The van der Waals surface area contributed by atoms with Crippen LogP contribution in [0.3, 0.4) is 0 Å². The molecule has 1 heterocycles. The Labute approximate surface area is 180 Å². The fraction of sp³-hybridized carbons (Fsp3) is 0.667. The molecular formula is C21H33IN4O. The van der Waals surface area contributed by atoms with Gasteiger partial charge in [0.1, 0.15) is 5.75 Å². The Morgan fingerprint density at radius 2 is 1.96 bits per heavy atom. The molecule has 1 aromatic carbocycles. The molecule has 1 aliphatic heterocycles. The van der Waals surface area contributed by atoms with Crippen molar-refractivity contribution in [3.05, 3.63) is 29.8 Å². The van der Waals surface area contributed by atoms with Gasteiger partial charge in [0.25, 0.3) is 0 Å². The normalized spacial score (nSPS) is 33.3.